The van der Waals surface area contributed by atoms with Gasteiger partial charge in [-0.3, -0.25) is 38.4 Å². The van der Waals surface area contributed by atoms with Crippen LogP contribution >= 0.6 is 92.8 Å². The molecule has 0 saturated heterocycles. The summed E-state index contributed by atoms with van der Waals surface area (Å²) in [5.41, 5.74) is -20.7. The van der Waals surface area contributed by atoms with E-state index in [9.17, 15) is 38.4 Å². The van der Waals surface area contributed by atoms with Gasteiger partial charge in [0, 0.05) is 202 Å². The molecular formula is C104H160Cl8N8O8. The van der Waals surface area contributed by atoms with Crippen LogP contribution in [0.1, 0.15) is 404 Å². The molecule has 0 aliphatic carbocycles. The number of hydrogen-bond acceptors (Lipinski definition) is 16. The Bertz CT molecular complexity index is 7340. The van der Waals surface area contributed by atoms with Crippen molar-refractivity contribution >= 4 is 139 Å². The average molecular weight is 2000 g/mol. The standard InChI is InChI=1S/8C13H18ClNO.8H2/c8*1-9(15-13(2,3)4)12(16)10-6-5-7-11(14)8-10;;;;;;;;/h8*5-9,15H,1-4H3;8*1H/t7*9-;;;;;;;;;/m1100000........./s1/i2D3,3D3,9D;2D3,9D;2D3,3D3,4D3,5D,6D,7D,8D,9D;5D,6D,7D,8D,9D;2D3,3D3,4D3,9D;2D3,3D3,9D;2D3,9D;2D3,3D3,4D3,5D,6D,7D,8D,9D;;;;;;;;. The molecule has 16 nitrogen and oxygen atoms in total. The highest BCUT2D eigenvalue weighted by atomic mass is 35.5. The lowest BCUT2D eigenvalue weighted by Crippen LogP contribution is -2.46. The van der Waals surface area contributed by atoms with Crippen molar-refractivity contribution in [3.05, 3.63) is 279 Å². The molecule has 8 rings (SSSR count). The highest BCUT2D eigenvalue weighted by molar-refractivity contribution is 6.33. The molecule has 0 spiro atoms. The number of carbonyl (C=O) groups excluding carboxylic acids is 8. The number of ketones is 8. The zero-order valence-electron chi connectivity index (χ0n) is 137. The van der Waals surface area contributed by atoms with Crippen LogP contribution < -0.4 is 42.5 Å². The molecule has 8 aromatic carbocycles. The fourth-order valence-corrected chi connectivity index (χ4v) is 11.0. The molecule has 8 aromatic rings. The van der Waals surface area contributed by atoms with Crippen LogP contribution in [0.4, 0.5) is 0 Å². The zero-order chi connectivity index (χ0) is 154. The van der Waals surface area contributed by atoms with Gasteiger partial charge in [0.2, 0.25) is 0 Å². The van der Waals surface area contributed by atoms with Gasteiger partial charge in [0.1, 0.15) is 0 Å². The summed E-state index contributed by atoms with van der Waals surface area (Å²) in [6.45, 7) is -28.1. The number of nitrogens with one attached hydrogen (secondary N) is 8. The van der Waals surface area contributed by atoms with Crippen molar-refractivity contribution in [2.75, 3.05) is 0 Å². The largest absolute Gasteiger partial charge is 0.303 e. The Balaban J connectivity index is -0.000000352. The van der Waals surface area contributed by atoms with E-state index in [-0.39, 0.29) is 59.3 Å². The third kappa shape index (κ3) is 53.0. The Morgan fingerprint density at radius 1 is 0.242 bits per heavy atom. The van der Waals surface area contributed by atoms with Crippen LogP contribution in [-0.2, 0) is 0 Å². The number of benzene rings is 8. The highest BCUT2D eigenvalue weighted by Crippen LogP contribution is 2.23. The first-order chi connectivity index (χ1) is 84.7. The molecule has 0 aromatic heterocycles. The van der Waals surface area contributed by atoms with Crippen molar-refractivity contribution in [2.45, 2.75) is 313 Å². The molecular weight excluding hydrogens is 1770 g/mol. The van der Waals surface area contributed by atoms with Crippen molar-refractivity contribution in [3.8, 4) is 0 Å². The molecule has 8 atom stereocenters. The van der Waals surface area contributed by atoms with Gasteiger partial charge in [-0.25, -0.2) is 0 Å². The highest BCUT2D eigenvalue weighted by Gasteiger charge is 2.28. The van der Waals surface area contributed by atoms with Crippen LogP contribution in [0.15, 0.2) is 194 Å². The van der Waals surface area contributed by atoms with E-state index in [0.717, 1.165) is 34.6 Å². The average Bonchev–Trinajstić information content (AvgIpc) is 0.699. The van der Waals surface area contributed by atoms with Crippen LogP contribution in [0.3, 0.4) is 0 Å². The maximum absolute atomic E-state index is 12.9. The van der Waals surface area contributed by atoms with Gasteiger partial charge >= 0.3 is 0 Å². The van der Waals surface area contributed by atoms with Gasteiger partial charge in [-0.05, 0) is 317 Å². The van der Waals surface area contributed by atoms with E-state index in [0.29, 0.717) is 23.9 Å². The molecule has 720 valence electrons. The van der Waals surface area contributed by atoms with Crippen molar-refractivity contribution in [2.24, 2.45) is 0 Å². The summed E-state index contributed by atoms with van der Waals surface area (Å²) in [5.74, 6) is -7.58. The van der Waals surface area contributed by atoms with E-state index in [1.165, 1.54) is 121 Å². The smallest absolute Gasteiger partial charge is 0.179 e. The fraction of sp³-hybridized carbons (Fsp3) is 0.462. The predicted molar refractivity (Wildman–Crippen MR) is 562 cm³/mol. The molecule has 0 aliphatic rings. The SMILES string of the molecule is [2H]C([2H])([2H])C(C)(C)N[C@@]([2H])(C)C(=O)c1cccc(Cl)c1.[2H]C([2H])([2H])C(C)(C)N[C@]([2H])(C)C(=O)c1cccc(Cl)c1.[2H]C([2H])([2H])C(C)(N[C@@]([2H])(C)C(=O)c1cccc(Cl)c1)C([2H])([2H])[2H].[2H]C([2H])([2H])C(C)(N[C@]([2H])(C)C(=O)c1cccc(Cl)c1)C([2H])([2H])[2H].[2H]C([2H])([2H])C(N[C@@]([2H])(C)C(=O)c1cccc(Cl)c1)(C([2H])([2H])[2H])C([2H])([2H])[2H].[2H]c1c([2H])c(Cl)c([2H])c(C(=O)C([2H])(C)NC(C([2H])([2H])[2H])(C([2H])([2H])[2H])C([2H])([2H])[2H])c1[2H].[2H]c1c([2H])c(Cl)c([2H])c(C(=O)[C@]([2H])(C)NC(C([2H])([2H])[2H])(C([2H])([2H])[2H])C([2H])([2H])[2H])c1[2H].[2H]c1c([2H])c(Cl)c([2H])c(C(=O)[C@]([2H])(C)NC(C)(C)C)c1[2H].[HH].[HH].[HH].[HH].[HH].[HH].[HH].[HH]. The second-order valence-corrected chi connectivity index (χ2v) is 33.1. The van der Waals surface area contributed by atoms with E-state index in [1.54, 1.807) is 79.9 Å². The number of carbonyl (C=O) groups is 8. The summed E-state index contributed by atoms with van der Waals surface area (Å²) in [7, 11) is 0. The molecule has 0 radical (unpaired) electrons. The van der Waals surface area contributed by atoms with Gasteiger partial charge in [-0.15, -0.1) is 0 Å². The van der Waals surface area contributed by atoms with Crippen LogP contribution in [-0.4, -0.2) is 139 Å². The first-order valence-corrected chi connectivity index (χ1v) is 40.0. The minimum absolute atomic E-state index is 0. The van der Waals surface area contributed by atoms with E-state index in [2.05, 4.69) is 26.6 Å². The van der Waals surface area contributed by atoms with Crippen molar-refractivity contribution in [1.29, 1.82) is 0 Å². The summed E-state index contributed by atoms with van der Waals surface area (Å²) in [5, 5.41) is 17.3. The monoisotopic (exact) mass is 1990 g/mol. The third-order valence-corrected chi connectivity index (χ3v) is 15.9. The first kappa shape index (κ1) is 50.4. The Labute approximate surface area is 910 Å². The summed E-state index contributed by atoms with van der Waals surface area (Å²) in [6, 6.07) is 2.38. The van der Waals surface area contributed by atoms with Gasteiger partial charge in [0.05, 0.1) is 75.6 Å². The van der Waals surface area contributed by atoms with E-state index >= 15 is 0 Å². The minimum atomic E-state index is -3.75. The predicted octanol–water partition coefficient (Wildman–Crippen LogP) is 28.4. The summed E-state index contributed by atoms with van der Waals surface area (Å²) in [6.07, 6.45) is 0. The number of Topliss-reactive ketones (excluding diaryl/α,β-unsaturated/α-hetero) is 8. The Morgan fingerprint density at radius 2 is 0.398 bits per heavy atom. The number of hydrogen-bond donors (Lipinski definition) is 8. The van der Waals surface area contributed by atoms with E-state index in [4.69, 9.17) is 182 Å². The second-order valence-electron chi connectivity index (χ2n) is 29.8. The van der Waals surface area contributed by atoms with Crippen molar-refractivity contribution < 1.29 is 139 Å². The summed E-state index contributed by atoms with van der Waals surface area (Å²) in [4.78, 5) is 101. The van der Waals surface area contributed by atoms with Gasteiger partial charge < -0.3 is 42.5 Å². The molecule has 0 amide bonds. The molecule has 0 aliphatic heterocycles. The van der Waals surface area contributed by atoms with Crippen LogP contribution in [0.5, 0.6) is 0 Å². The molecule has 128 heavy (non-hydrogen) atoms. The van der Waals surface area contributed by atoms with Crippen molar-refractivity contribution in [1.82, 2.24) is 42.5 Å². The quantitative estimate of drug-likeness (QED) is 0.0263. The molecule has 0 heterocycles. The van der Waals surface area contributed by atoms with Gasteiger partial charge in [-0.1, -0.05) is 190 Å². The molecule has 0 saturated carbocycles. The molecule has 8 N–H and O–H groups in total. The molecule has 0 fully saturated rings. The maximum Gasteiger partial charge on any atom is 0.179 e. The zero-order valence-corrected chi connectivity index (χ0v) is 78.4. The van der Waals surface area contributed by atoms with Crippen LogP contribution in [0.25, 0.3) is 0 Å². The summed E-state index contributed by atoms with van der Waals surface area (Å²) >= 11 is 46.3. The normalized spacial score (nSPS) is 24.4. The Kier molecular flexibility index (Phi) is 21.4. The van der Waals surface area contributed by atoms with E-state index in [1.807, 2.05) is 5.32 Å². The third-order valence-electron chi connectivity index (χ3n) is 14.2. The fourth-order valence-electron chi connectivity index (χ4n) is 9.64. The second kappa shape index (κ2) is 54.3. The Hall–Kier alpha value is -6.88. The number of halogens is 8. The first-order valence-electron chi connectivity index (χ1n) is 69.5. The lowest BCUT2D eigenvalue weighted by atomic mass is 10.0. The van der Waals surface area contributed by atoms with Gasteiger partial charge in [0.15, 0.2) is 46.3 Å². The molecule has 1 unspecified atom stereocenters. The van der Waals surface area contributed by atoms with Crippen molar-refractivity contribution in [3.63, 3.8) is 0 Å². The molecule has 0 bridgehead atoms. The van der Waals surface area contributed by atoms with Crippen LogP contribution in [0, 0.1) is 0 Å². The number of rotatable bonds is 24. The maximum atomic E-state index is 12.9. The lowest BCUT2D eigenvalue weighted by molar-refractivity contribution is 0.0929. The summed E-state index contributed by atoms with van der Waals surface area (Å²) < 4.78 is 497. The van der Waals surface area contributed by atoms with Crippen LogP contribution in [0.2, 0.25) is 40.2 Å². The minimum Gasteiger partial charge on any atom is -0.303 e. The van der Waals surface area contributed by atoms with Gasteiger partial charge in [0.25, 0.3) is 0 Å². The molecule has 24 heteroatoms. The lowest BCUT2D eigenvalue weighted by Gasteiger charge is -2.25. The Morgan fingerprint density at radius 3 is 0.562 bits per heavy atom. The van der Waals surface area contributed by atoms with E-state index < -0.39 is 341 Å². The van der Waals surface area contributed by atoms with Gasteiger partial charge in [-0.2, -0.15) is 0 Å². The topological polar surface area (TPSA) is 233 Å².